The standard InChI is InChI=1S/C58H66BN3/c1-37-20-14-16-22-47(37)61(48-23-17-15-21-38(48)2)43-35-50-52-51(36-43)62-53-44(57(12)30-18-19-31-58(57,62)13)32-41(56(9,10)11)34-46(53)59(52)45-33-40(55(6,7)8)26-29-49(45)60(50)42-27-24-39(25-28-42)54(3,4)5/h14-17,20-29,32-36H,18-19,30-31H2,1-13H3. The largest absolute Gasteiger partial charge is 0.335 e. The maximum Gasteiger partial charge on any atom is 0.252 e. The predicted octanol–water partition coefficient (Wildman–Crippen LogP) is 14.0. The van der Waals surface area contributed by atoms with E-state index >= 15 is 0 Å². The summed E-state index contributed by atoms with van der Waals surface area (Å²) in [5.74, 6) is 0. The molecule has 3 heterocycles. The van der Waals surface area contributed by atoms with Crippen molar-refractivity contribution >= 4 is 68.6 Å². The fourth-order valence-electron chi connectivity index (χ4n) is 11.8. The van der Waals surface area contributed by atoms with E-state index in [0.717, 1.165) is 6.42 Å². The zero-order valence-electron chi connectivity index (χ0n) is 39.7. The number of aryl methyl sites for hydroxylation is 2. The van der Waals surface area contributed by atoms with Gasteiger partial charge >= 0.3 is 0 Å². The van der Waals surface area contributed by atoms with Crippen molar-refractivity contribution in [3.8, 4) is 0 Å². The van der Waals surface area contributed by atoms with Crippen molar-refractivity contribution in [1.82, 2.24) is 0 Å². The summed E-state index contributed by atoms with van der Waals surface area (Å²) in [7, 11) is 0. The van der Waals surface area contributed by atoms with Crippen LogP contribution in [0.3, 0.4) is 0 Å². The van der Waals surface area contributed by atoms with E-state index in [1.54, 1.807) is 5.56 Å². The molecule has 10 rings (SSSR count). The molecule has 0 aromatic heterocycles. The van der Waals surface area contributed by atoms with Crippen LogP contribution in [0.2, 0.25) is 0 Å². The van der Waals surface area contributed by atoms with E-state index in [-0.39, 0.29) is 33.9 Å². The first-order chi connectivity index (χ1) is 29.2. The van der Waals surface area contributed by atoms with Gasteiger partial charge in [0.1, 0.15) is 0 Å². The molecule has 0 amide bonds. The molecule has 3 aliphatic heterocycles. The Morgan fingerprint density at radius 1 is 0.548 bits per heavy atom. The number of hydrogen-bond acceptors (Lipinski definition) is 3. The van der Waals surface area contributed by atoms with Crippen molar-refractivity contribution < 1.29 is 0 Å². The lowest BCUT2D eigenvalue weighted by molar-refractivity contribution is 0.195. The average Bonchev–Trinajstić information content (AvgIpc) is 3.43. The summed E-state index contributed by atoms with van der Waals surface area (Å²) in [4.78, 5) is 8.07. The zero-order valence-corrected chi connectivity index (χ0v) is 39.7. The van der Waals surface area contributed by atoms with Gasteiger partial charge in [0.25, 0.3) is 6.71 Å². The molecule has 4 heteroatoms. The van der Waals surface area contributed by atoms with Gasteiger partial charge in [-0.05, 0) is 142 Å². The molecule has 62 heavy (non-hydrogen) atoms. The first-order valence-electron chi connectivity index (χ1n) is 23.4. The van der Waals surface area contributed by atoms with E-state index in [0.29, 0.717) is 0 Å². The first-order valence-corrected chi connectivity index (χ1v) is 23.4. The topological polar surface area (TPSA) is 9.72 Å². The van der Waals surface area contributed by atoms with Gasteiger partial charge in [-0.2, -0.15) is 0 Å². The lowest BCUT2D eigenvalue weighted by atomic mass is 9.33. The highest BCUT2D eigenvalue weighted by atomic mass is 15.3. The van der Waals surface area contributed by atoms with Crippen molar-refractivity contribution in [2.75, 3.05) is 14.7 Å². The Morgan fingerprint density at radius 3 is 1.69 bits per heavy atom. The maximum absolute atomic E-state index is 2.90. The molecule has 2 atom stereocenters. The van der Waals surface area contributed by atoms with Crippen LogP contribution in [0.15, 0.2) is 115 Å². The number of nitrogens with zero attached hydrogens (tertiary/aromatic N) is 3. The summed E-state index contributed by atoms with van der Waals surface area (Å²) in [6.07, 6.45) is 4.86. The molecule has 0 N–H and O–H groups in total. The summed E-state index contributed by atoms with van der Waals surface area (Å²) in [6, 6.07) is 45.2. The van der Waals surface area contributed by atoms with Gasteiger partial charge in [0.2, 0.25) is 0 Å². The molecule has 3 nitrogen and oxygen atoms in total. The second kappa shape index (κ2) is 13.6. The molecule has 0 spiro atoms. The van der Waals surface area contributed by atoms with Gasteiger partial charge in [-0.15, -0.1) is 0 Å². The van der Waals surface area contributed by atoms with Crippen LogP contribution in [0, 0.1) is 13.8 Å². The first kappa shape index (κ1) is 40.8. The number of para-hydroxylation sites is 2. The Hall–Kier alpha value is -5.22. The normalized spacial score (nSPS) is 20.1. The van der Waals surface area contributed by atoms with E-state index in [1.165, 1.54) is 109 Å². The summed E-state index contributed by atoms with van der Waals surface area (Å²) in [6.45, 7) is 31.1. The molecular formula is C58H66BN3. The molecule has 0 radical (unpaired) electrons. The highest BCUT2D eigenvalue weighted by Crippen LogP contribution is 2.63. The quantitative estimate of drug-likeness (QED) is 0.164. The predicted molar refractivity (Wildman–Crippen MR) is 269 cm³/mol. The molecule has 1 aliphatic carbocycles. The van der Waals surface area contributed by atoms with Crippen LogP contribution in [-0.4, -0.2) is 12.3 Å². The van der Waals surface area contributed by atoms with Crippen LogP contribution in [0.4, 0.5) is 45.5 Å². The molecule has 2 unspecified atom stereocenters. The third kappa shape index (κ3) is 5.91. The Labute approximate surface area is 373 Å². The number of hydrogen-bond donors (Lipinski definition) is 0. The van der Waals surface area contributed by atoms with Gasteiger partial charge in [0.15, 0.2) is 0 Å². The van der Waals surface area contributed by atoms with Crippen LogP contribution < -0.4 is 31.1 Å². The van der Waals surface area contributed by atoms with Crippen LogP contribution in [0.1, 0.15) is 135 Å². The van der Waals surface area contributed by atoms with Gasteiger partial charge < -0.3 is 14.7 Å². The number of anilines is 8. The van der Waals surface area contributed by atoms with Crippen molar-refractivity contribution in [2.24, 2.45) is 0 Å². The highest BCUT2D eigenvalue weighted by molar-refractivity contribution is 7.00. The second-order valence-electron chi connectivity index (χ2n) is 22.8. The second-order valence-corrected chi connectivity index (χ2v) is 22.8. The summed E-state index contributed by atoms with van der Waals surface area (Å²) >= 11 is 0. The Bertz CT molecular complexity index is 2730. The van der Waals surface area contributed by atoms with Crippen LogP contribution in [0.25, 0.3) is 0 Å². The summed E-state index contributed by atoms with van der Waals surface area (Å²) in [5.41, 5.74) is 22.7. The van der Waals surface area contributed by atoms with Crippen molar-refractivity contribution in [1.29, 1.82) is 0 Å². The Balaban J connectivity index is 1.37. The SMILES string of the molecule is Cc1ccccc1N(c1cc2c3c(c1)N1c4c(cc(C(C)(C)C)cc4C4(C)CCCCC14C)B3c1cc(C(C)(C)C)ccc1N2c1ccc(C(C)(C)C)cc1)c1ccccc1C. The molecule has 1 saturated carbocycles. The monoisotopic (exact) mass is 816 g/mol. The third-order valence-electron chi connectivity index (χ3n) is 15.7. The molecule has 316 valence electrons. The molecule has 6 aromatic rings. The van der Waals surface area contributed by atoms with E-state index < -0.39 is 0 Å². The van der Waals surface area contributed by atoms with Crippen LogP contribution in [0.5, 0.6) is 0 Å². The van der Waals surface area contributed by atoms with E-state index in [1.807, 2.05) is 0 Å². The summed E-state index contributed by atoms with van der Waals surface area (Å²) in [5, 5.41) is 0. The van der Waals surface area contributed by atoms with Gasteiger partial charge in [-0.3, -0.25) is 0 Å². The fraction of sp³-hybridized carbons (Fsp3) is 0.379. The average molecular weight is 816 g/mol. The molecule has 0 bridgehead atoms. The molecule has 0 saturated heterocycles. The Kier molecular flexibility index (Phi) is 8.98. The van der Waals surface area contributed by atoms with Crippen LogP contribution in [-0.2, 0) is 21.7 Å². The zero-order chi connectivity index (χ0) is 43.9. The summed E-state index contributed by atoms with van der Waals surface area (Å²) < 4.78 is 0. The molecule has 1 fully saturated rings. The smallest absolute Gasteiger partial charge is 0.252 e. The maximum atomic E-state index is 2.90. The molecule has 4 aliphatic rings. The van der Waals surface area contributed by atoms with Crippen molar-refractivity contribution in [3.05, 3.63) is 149 Å². The highest BCUT2D eigenvalue weighted by Gasteiger charge is 2.61. The lowest BCUT2D eigenvalue weighted by Crippen LogP contribution is -2.64. The van der Waals surface area contributed by atoms with Crippen LogP contribution >= 0.6 is 0 Å². The van der Waals surface area contributed by atoms with Crippen molar-refractivity contribution in [2.45, 2.75) is 143 Å². The minimum atomic E-state index is -0.0981. The molecule has 6 aromatic carbocycles. The fourth-order valence-corrected chi connectivity index (χ4v) is 11.8. The van der Waals surface area contributed by atoms with Gasteiger partial charge in [0, 0.05) is 45.2 Å². The van der Waals surface area contributed by atoms with E-state index in [2.05, 4.69) is 220 Å². The minimum absolute atomic E-state index is 0.000518. The van der Waals surface area contributed by atoms with Crippen molar-refractivity contribution in [3.63, 3.8) is 0 Å². The minimum Gasteiger partial charge on any atom is -0.335 e. The number of fused-ring (bicyclic) bond motifs is 7. The van der Waals surface area contributed by atoms with E-state index in [9.17, 15) is 0 Å². The Morgan fingerprint density at radius 2 is 1.10 bits per heavy atom. The third-order valence-corrected chi connectivity index (χ3v) is 15.7. The van der Waals surface area contributed by atoms with E-state index in [4.69, 9.17) is 0 Å². The molecular weight excluding hydrogens is 749 g/mol. The number of benzene rings is 6. The van der Waals surface area contributed by atoms with Gasteiger partial charge in [-0.1, -0.05) is 155 Å². The van der Waals surface area contributed by atoms with Gasteiger partial charge in [-0.25, -0.2) is 0 Å². The number of rotatable bonds is 4. The van der Waals surface area contributed by atoms with Gasteiger partial charge in [0.05, 0.1) is 11.2 Å². The lowest BCUT2D eigenvalue weighted by Gasteiger charge is -2.53.